The van der Waals surface area contributed by atoms with E-state index in [1.165, 1.54) is 30.2 Å². The van der Waals surface area contributed by atoms with Crippen molar-refractivity contribution in [2.24, 2.45) is 0 Å². The molecule has 0 bridgehead atoms. The van der Waals surface area contributed by atoms with Crippen LogP contribution in [-0.2, 0) is 11.3 Å². The van der Waals surface area contributed by atoms with Crippen LogP contribution < -0.4 is 5.32 Å². The van der Waals surface area contributed by atoms with Gasteiger partial charge in [0.25, 0.3) is 0 Å². The number of fused-ring (bicyclic) bond motifs is 1. The molecule has 0 aliphatic rings. The van der Waals surface area contributed by atoms with E-state index in [4.69, 9.17) is 4.42 Å². The fourth-order valence-corrected chi connectivity index (χ4v) is 3.45. The van der Waals surface area contributed by atoms with Gasteiger partial charge in [0.2, 0.25) is 5.91 Å². The first-order valence-corrected chi connectivity index (χ1v) is 9.19. The van der Waals surface area contributed by atoms with Crippen molar-refractivity contribution in [3.05, 3.63) is 66.8 Å². The number of aromatic amines is 1. The molecule has 0 aliphatic heterocycles. The number of rotatable bonds is 6. The highest BCUT2D eigenvalue weighted by Gasteiger charge is 2.13. The molecule has 136 valence electrons. The minimum atomic E-state index is -0.287. The predicted octanol–water partition coefficient (Wildman–Crippen LogP) is 3.77. The lowest BCUT2D eigenvalue weighted by molar-refractivity contribution is -0.118. The Labute approximate surface area is 158 Å². The molecule has 0 saturated heterocycles. The Morgan fingerprint density at radius 1 is 1.22 bits per heavy atom. The summed E-state index contributed by atoms with van der Waals surface area (Å²) in [5, 5.41) is 3.48. The van der Waals surface area contributed by atoms with Gasteiger partial charge in [-0.2, -0.15) is 0 Å². The van der Waals surface area contributed by atoms with Crippen LogP contribution >= 0.6 is 11.8 Å². The van der Waals surface area contributed by atoms with Crippen LogP contribution in [0.1, 0.15) is 5.76 Å². The molecule has 4 rings (SSSR count). The van der Waals surface area contributed by atoms with Gasteiger partial charge in [0.1, 0.15) is 28.4 Å². The third-order valence-electron chi connectivity index (χ3n) is 3.96. The standard InChI is InChI=1S/C19H15FN4O2S/c20-13-5-3-12(4-6-13)15-9-22-18-17(15)23-11-24-19(18)27-10-16(25)21-8-14-2-1-7-26-14/h1-7,9,11,22H,8,10H2,(H,21,25). The summed E-state index contributed by atoms with van der Waals surface area (Å²) in [6, 6.07) is 9.81. The molecule has 27 heavy (non-hydrogen) atoms. The van der Waals surface area contributed by atoms with E-state index in [2.05, 4.69) is 20.3 Å². The number of amides is 1. The van der Waals surface area contributed by atoms with Crippen molar-refractivity contribution in [1.29, 1.82) is 0 Å². The Hall–Kier alpha value is -3.13. The van der Waals surface area contributed by atoms with Gasteiger partial charge in [0.05, 0.1) is 24.1 Å². The Balaban J connectivity index is 1.48. The van der Waals surface area contributed by atoms with Gasteiger partial charge < -0.3 is 14.7 Å². The highest BCUT2D eigenvalue weighted by molar-refractivity contribution is 8.00. The fourth-order valence-electron chi connectivity index (χ4n) is 2.66. The van der Waals surface area contributed by atoms with Crippen LogP contribution in [0.25, 0.3) is 22.2 Å². The van der Waals surface area contributed by atoms with Crippen molar-refractivity contribution in [2.45, 2.75) is 11.6 Å². The van der Waals surface area contributed by atoms with Gasteiger partial charge in [-0.1, -0.05) is 23.9 Å². The zero-order chi connectivity index (χ0) is 18.6. The van der Waals surface area contributed by atoms with Gasteiger partial charge in [-0.15, -0.1) is 0 Å². The summed E-state index contributed by atoms with van der Waals surface area (Å²) >= 11 is 1.32. The molecule has 0 radical (unpaired) electrons. The number of thioether (sulfide) groups is 1. The van der Waals surface area contributed by atoms with Crippen molar-refractivity contribution in [2.75, 3.05) is 5.75 Å². The number of nitrogens with one attached hydrogen (secondary N) is 2. The lowest BCUT2D eigenvalue weighted by Gasteiger charge is -2.04. The van der Waals surface area contributed by atoms with Crippen molar-refractivity contribution in [3.8, 4) is 11.1 Å². The average Bonchev–Trinajstić information content (AvgIpc) is 3.35. The second-order valence-corrected chi connectivity index (χ2v) is 6.72. The van der Waals surface area contributed by atoms with Gasteiger partial charge in [-0.05, 0) is 29.8 Å². The molecule has 1 aromatic carbocycles. The third-order valence-corrected chi connectivity index (χ3v) is 4.95. The van der Waals surface area contributed by atoms with Crippen LogP contribution in [0.4, 0.5) is 4.39 Å². The van der Waals surface area contributed by atoms with E-state index >= 15 is 0 Å². The molecule has 0 spiro atoms. The third kappa shape index (κ3) is 3.85. The van der Waals surface area contributed by atoms with Gasteiger partial charge in [0.15, 0.2) is 0 Å². The zero-order valence-corrected chi connectivity index (χ0v) is 14.9. The molecule has 6 nitrogen and oxygen atoms in total. The van der Waals surface area contributed by atoms with Crippen LogP contribution in [-0.4, -0.2) is 26.6 Å². The molecule has 8 heteroatoms. The van der Waals surface area contributed by atoms with Crippen LogP contribution in [0.3, 0.4) is 0 Å². The van der Waals surface area contributed by atoms with Gasteiger partial charge in [0, 0.05) is 11.8 Å². The molecule has 0 aliphatic carbocycles. The molecule has 2 N–H and O–H groups in total. The topological polar surface area (TPSA) is 83.8 Å². The smallest absolute Gasteiger partial charge is 0.230 e. The Kier molecular flexibility index (Phi) is 4.88. The van der Waals surface area contributed by atoms with E-state index in [1.807, 2.05) is 6.20 Å². The molecule has 0 saturated carbocycles. The number of H-pyrrole nitrogens is 1. The first-order chi connectivity index (χ1) is 13.2. The molecule has 0 atom stereocenters. The number of carbonyl (C=O) groups is 1. The normalized spacial score (nSPS) is 11.0. The Morgan fingerprint density at radius 2 is 2.07 bits per heavy atom. The first kappa shape index (κ1) is 17.3. The monoisotopic (exact) mass is 382 g/mol. The number of furan rings is 1. The quantitative estimate of drug-likeness (QED) is 0.392. The number of nitrogens with zero attached hydrogens (tertiary/aromatic N) is 2. The number of hydrogen-bond donors (Lipinski definition) is 2. The van der Waals surface area contributed by atoms with Crippen molar-refractivity contribution >= 4 is 28.7 Å². The predicted molar refractivity (Wildman–Crippen MR) is 101 cm³/mol. The summed E-state index contributed by atoms with van der Waals surface area (Å²) in [5.41, 5.74) is 3.20. The molecule has 3 heterocycles. The largest absolute Gasteiger partial charge is 0.467 e. The lowest BCUT2D eigenvalue weighted by atomic mass is 10.1. The van der Waals surface area contributed by atoms with E-state index in [1.54, 1.807) is 30.5 Å². The van der Waals surface area contributed by atoms with Gasteiger partial charge in [-0.3, -0.25) is 4.79 Å². The van der Waals surface area contributed by atoms with Crippen LogP contribution in [0.2, 0.25) is 0 Å². The number of aromatic nitrogens is 3. The van der Waals surface area contributed by atoms with Crippen LogP contribution in [0.5, 0.6) is 0 Å². The minimum absolute atomic E-state index is 0.117. The maximum absolute atomic E-state index is 13.2. The SMILES string of the molecule is O=C(CSc1ncnc2c(-c3ccc(F)cc3)c[nH]c12)NCc1ccco1. The highest BCUT2D eigenvalue weighted by atomic mass is 32.2. The highest BCUT2D eigenvalue weighted by Crippen LogP contribution is 2.31. The van der Waals surface area contributed by atoms with Crippen LogP contribution in [0.15, 0.2) is 64.6 Å². The zero-order valence-electron chi connectivity index (χ0n) is 14.1. The molecule has 3 aromatic heterocycles. The van der Waals surface area contributed by atoms with Crippen LogP contribution in [0, 0.1) is 5.82 Å². The maximum Gasteiger partial charge on any atom is 0.230 e. The number of carbonyl (C=O) groups excluding carboxylic acids is 1. The van der Waals surface area contributed by atoms with Crippen molar-refractivity contribution in [3.63, 3.8) is 0 Å². The molecule has 4 aromatic rings. The molecular weight excluding hydrogens is 367 g/mol. The average molecular weight is 382 g/mol. The fraction of sp³-hybridized carbons (Fsp3) is 0.105. The van der Waals surface area contributed by atoms with E-state index in [9.17, 15) is 9.18 Å². The molecule has 0 unspecified atom stereocenters. The summed E-state index contributed by atoms with van der Waals surface area (Å²) in [6.45, 7) is 0.350. The van der Waals surface area contributed by atoms with Gasteiger partial charge >= 0.3 is 0 Å². The Morgan fingerprint density at radius 3 is 2.85 bits per heavy atom. The number of hydrogen-bond acceptors (Lipinski definition) is 5. The van der Waals surface area contributed by atoms with E-state index in [-0.39, 0.29) is 17.5 Å². The molecule has 1 amide bonds. The summed E-state index contributed by atoms with van der Waals surface area (Å²) in [6.07, 6.45) is 4.84. The van der Waals surface area contributed by atoms with Crippen molar-refractivity contribution in [1.82, 2.24) is 20.3 Å². The summed E-state index contributed by atoms with van der Waals surface area (Å²) in [7, 11) is 0. The van der Waals surface area contributed by atoms with E-state index in [0.717, 1.165) is 22.2 Å². The van der Waals surface area contributed by atoms with E-state index in [0.29, 0.717) is 17.3 Å². The van der Waals surface area contributed by atoms with Crippen molar-refractivity contribution < 1.29 is 13.6 Å². The first-order valence-electron chi connectivity index (χ1n) is 8.20. The number of halogens is 1. The second kappa shape index (κ2) is 7.63. The van der Waals surface area contributed by atoms with E-state index < -0.39 is 0 Å². The number of benzene rings is 1. The molecule has 0 fully saturated rings. The summed E-state index contributed by atoms with van der Waals surface area (Å²) in [4.78, 5) is 23.8. The maximum atomic E-state index is 13.2. The molecular formula is C19H15FN4O2S. The summed E-state index contributed by atoms with van der Waals surface area (Å²) in [5.74, 6) is 0.516. The van der Waals surface area contributed by atoms with Gasteiger partial charge in [-0.25, -0.2) is 14.4 Å². The minimum Gasteiger partial charge on any atom is -0.467 e. The lowest BCUT2D eigenvalue weighted by Crippen LogP contribution is -2.24. The Bertz CT molecular complexity index is 1060. The second-order valence-electron chi connectivity index (χ2n) is 5.76. The summed E-state index contributed by atoms with van der Waals surface area (Å²) < 4.78 is 18.3.